The van der Waals surface area contributed by atoms with Gasteiger partial charge in [0, 0.05) is 6.54 Å². The molecule has 98 valence electrons. The van der Waals surface area contributed by atoms with E-state index >= 15 is 0 Å². The van der Waals surface area contributed by atoms with Gasteiger partial charge in [-0.15, -0.1) is 6.42 Å². The highest BCUT2D eigenvalue weighted by Crippen LogP contribution is 2.13. The first-order chi connectivity index (χ1) is 8.57. The van der Waals surface area contributed by atoms with Crippen LogP contribution in [0.4, 0.5) is 0 Å². The average Bonchev–Trinajstić information content (AvgIpc) is 2.38. The third kappa shape index (κ3) is 5.25. The number of benzene rings is 1. The Morgan fingerprint density at radius 1 is 1.28 bits per heavy atom. The molecule has 1 aromatic rings. The molecule has 0 aromatic heterocycles. The molecule has 0 aliphatic rings. The van der Waals surface area contributed by atoms with Crippen molar-refractivity contribution in [3.63, 3.8) is 0 Å². The van der Waals surface area contributed by atoms with Gasteiger partial charge in [0.05, 0.1) is 12.1 Å². The molecule has 0 spiro atoms. The molecule has 0 atom stereocenters. The van der Waals surface area contributed by atoms with Crippen LogP contribution < -0.4 is 10.1 Å². The average molecular weight is 245 g/mol. The van der Waals surface area contributed by atoms with Crippen molar-refractivity contribution < 1.29 is 4.74 Å². The Kier molecular flexibility index (Phi) is 5.74. The molecule has 0 amide bonds. The fourth-order valence-corrected chi connectivity index (χ4v) is 1.41. The van der Waals surface area contributed by atoms with Gasteiger partial charge >= 0.3 is 0 Å². The van der Waals surface area contributed by atoms with Crippen LogP contribution in [-0.4, -0.2) is 12.1 Å². The van der Waals surface area contributed by atoms with Crippen molar-refractivity contribution in [2.45, 2.75) is 45.7 Å². The Balaban J connectivity index is 2.43. The van der Waals surface area contributed by atoms with Gasteiger partial charge in [-0.2, -0.15) is 0 Å². The lowest BCUT2D eigenvalue weighted by Crippen LogP contribution is -2.36. The highest BCUT2D eigenvalue weighted by molar-refractivity contribution is 5.27. The fourth-order valence-electron chi connectivity index (χ4n) is 1.41. The maximum atomic E-state index is 5.62. The third-order valence-electron chi connectivity index (χ3n) is 2.79. The smallest absolute Gasteiger partial charge is 0.119 e. The van der Waals surface area contributed by atoms with Gasteiger partial charge in [-0.1, -0.05) is 31.4 Å². The van der Waals surface area contributed by atoms with Crippen LogP contribution in [0.25, 0.3) is 0 Å². The van der Waals surface area contributed by atoms with Crippen molar-refractivity contribution in [3.05, 3.63) is 29.8 Å². The van der Waals surface area contributed by atoms with E-state index in [-0.39, 0.29) is 5.54 Å². The van der Waals surface area contributed by atoms with Crippen LogP contribution in [0.1, 0.15) is 39.2 Å². The lowest BCUT2D eigenvalue weighted by Gasteiger charge is -2.19. The zero-order chi connectivity index (χ0) is 13.4. The van der Waals surface area contributed by atoms with Gasteiger partial charge in [0.1, 0.15) is 5.75 Å². The van der Waals surface area contributed by atoms with Gasteiger partial charge in [-0.05, 0) is 38.0 Å². The molecule has 2 nitrogen and oxygen atoms in total. The van der Waals surface area contributed by atoms with E-state index in [1.807, 2.05) is 26.0 Å². The minimum atomic E-state index is -0.268. The summed E-state index contributed by atoms with van der Waals surface area (Å²) >= 11 is 0. The summed E-state index contributed by atoms with van der Waals surface area (Å²) in [5.41, 5.74) is 0.942. The molecule has 0 unspecified atom stereocenters. The molecule has 2 heteroatoms. The van der Waals surface area contributed by atoms with E-state index in [0.29, 0.717) is 0 Å². The van der Waals surface area contributed by atoms with Gasteiger partial charge in [0.2, 0.25) is 0 Å². The number of hydrogen-bond donors (Lipinski definition) is 1. The Morgan fingerprint density at radius 3 is 2.50 bits per heavy atom. The second kappa shape index (κ2) is 7.08. The summed E-state index contributed by atoms with van der Waals surface area (Å²) in [6.45, 7) is 7.71. The second-order valence-electron chi connectivity index (χ2n) is 4.97. The number of nitrogens with one attached hydrogen (secondary N) is 1. The summed E-state index contributed by atoms with van der Waals surface area (Å²) in [5, 5.41) is 3.32. The summed E-state index contributed by atoms with van der Waals surface area (Å²) in [5.74, 6) is 3.66. The predicted molar refractivity (Wildman–Crippen MR) is 76.6 cm³/mol. The number of hydrogen-bond acceptors (Lipinski definition) is 2. The predicted octanol–water partition coefficient (Wildman–Crippen LogP) is 3.37. The van der Waals surface area contributed by atoms with E-state index in [9.17, 15) is 0 Å². The van der Waals surface area contributed by atoms with Crippen LogP contribution in [0.2, 0.25) is 0 Å². The number of rotatable bonds is 7. The highest BCUT2D eigenvalue weighted by Gasteiger charge is 2.11. The zero-order valence-corrected chi connectivity index (χ0v) is 11.6. The standard InChI is InChI=1S/C16H23NO/c1-5-7-12-18-15-10-8-14(9-11-15)13-17-16(3,4)6-2/h2,8-11,17H,5,7,12-13H2,1,3-4H3. The topological polar surface area (TPSA) is 21.3 Å². The first-order valence-corrected chi connectivity index (χ1v) is 6.52. The van der Waals surface area contributed by atoms with E-state index in [0.717, 1.165) is 31.7 Å². The summed E-state index contributed by atoms with van der Waals surface area (Å²) in [7, 11) is 0. The second-order valence-corrected chi connectivity index (χ2v) is 4.97. The van der Waals surface area contributed by atoms with E-state index in [4.69, 9.17) is 11.2 Å². The minimum Gasteiger partial charge on any atom is -0.494 e. The lowest BCUT2D eigenvalue weighted by molar-refractivity contribution is 0.309. The molecule has 0 saturated heterocycles. The van der Waals surface area contributed by atoms with Crippen LogP contribution in [-0.2, 0) is 6.54 Å². The van der Waals surface area contributed by atoms with Gasteiger partial charge in [0.15, 0.2) is 0 Å². The monoisotopic (exact) mass is 245 g/mol. The molecule has 0 heterocycles. The van der Waals surface area contributed by atoms with Crippen LogP contribution >= 0.6 is 0 Å². The Labute approximate surface area is 111 Å². The molecule has 1 aromatic carbocycles. The third-order valence-corrected chi connectivity index (χ3v) is 2.79. The minimum absolute atomic E-state index is 0.268. The van der Waals surface area contributed by atoms with Crippen molar-refractivity contribution >= 4 is 0 Å². The summed E-state index contributed by atoms with van der Waals surface area (Å²) in [6.07, 6.45) is 7.68. The molecule has 1 rings (SSSR count). The van der Waals surface area contributed by atoms with E-state index in [2.05, 4.69) is 30.3 Å². The first-order valence-electron chi connectivity index (χ1n) is 6.52. The molecule has 0 bridgehead atoms. The Morgan fingerprint density at radius 2 is 1.94 bits per heavy atom. The van der Waals surface area contributed by atoms with E-state index in [1.54, 1.807) is 0 Å². The van der Waals surface area contributed by atoms with Crippen LogP contribution in [0.5, 0.6) is 5.75 Å². The van der Waals surface area contributed by atoms with E-state index < -0.39 is 0 Å². The maximum absolute atomic E-state index is 5.62. The van der Waals surface area contributed by atoms with Gasteiger partial charge in [-0.3, -0.25) is 5.32 Å². The Hall–Kier alpha value is -1.46. The first kappa shape index (κ1) is 14.6. The fraction of sp³-hybridized carbons (Fsp3) is 0.500. The van der Waals surface area contributed by atoms with Gasteiger partial charge < -0.3 is 4.74 Å². The lowest BCUT2D eigenvalue weighted by atomic mass is 10.1. The molecular formula is C16H23NO. The summed E-state index contributed by atoms with van der Waals surface area (Å²) < 4.78 is 5.62. The van der Waals surface area contributed by atoms with E-state index in [1.165, 1.54) is 5.56 Å². The van der Waals surface area contributed by atoms with Crippen molar-refractivity contribution in [2.24, 2.45) is 0 Å². The molecule has 0 fully saturated rings. The van der Waals surface area contributed by atoms with Gasteiger partial charge in [0.25, 0.3) is 0 Å². The van der Waals surface area contributed by atoms with Gasteiger partial charge in [-0.25, -0.2) is 0 Å². The van der Waals surface area contributed by atoms with Crippen LogP contribution in [0, 0.1) is 12.3 Å². The zero-order valence-electron chi connectivity index (χ0n) is 11.6. The van der Waals surface area contributed by atoms with Crippen LogP contribution in [0.3, 0.4) is 0 Å². The normalized spacial score (nSPS) is 11.0. The number of terminal acetylenes is 1. The number of unbranched alkanes of at least 4 members (excludes halogenated alkanes) is 1. The Bertz CT molecular complexity index is 387. The van der Waals surface area contributed by atoms with Crippen molar-refractivity contribution in [1.29, 1.82) is 0 Å². The highest BCUT2D eigenvalue weighted by atomic mass is 16.5. The van der Waals surface area contributed by atoms with Crippen molar-refractivity contribution in [2.75, 3.05) is 6.61 Å². The molecule has 1 N–H and O–H groups in total. The van der Waals surface area contributed by atoms with Crippen molar-refractivity contribution in [1.82, 2.24) is 5.32 Å². The quantitative estimate of drug-likeness (QED) is 0.587. The molecule has 0 aliphatic heterocycles. The van der Waals surface area contributed by atoms with Crippen molar-refractivity contribution in [3.8, 4) is 18.1 Å². The SMILES string of the molecule is C#CC(C)(C)NCc1ccc(OCCCC)cc1. The molecular weight excluding hydrogens is 222 g/mol. The largest absolute Gasteiger partial charge is 0.494 e. The summed E-state index contributed by atoms with van der Waals surface area (Å²) in [6, 6.07) is 8.16. The number of ether oxygens (including phenoxy) is 1. The van der Waals surface area contributed by atoms with Crippen LogP contribution in [0.15, 0.2) is 24.3 Å². The summed E-state index contributed by atoms with van der Waals surface area (Å²) in [4.78, 5) is 0. The maximum Gasteiger partial charge on any atom is 0.119 e. The molecule has 0 radical (unpaired) electrons. The molecule has 0 aliphatic carbocycles. The molecule has 18 heavy (non-hydrogen) atoms. The molecule has 0 saturated carbocycles.